The highest BCUT2D eigenvalue weighted by atomic mass is 16.5. The van der Waals surface area contributed by atoms with E-state index in [9.17, 15) is 0 Å². The maximum absolute atomic E-state index is 5.24. The van der Waals surface area contributed by atoms with Crippen molar-refractivity contribution in [3.63, 3.8) is 0 Å². The van der Waals surface area contributed by atoms with Crippen LogP contribution in [0.1, 0.15) is 37.7 Å². The molecule has 1 saturated carbocycles. The third-order valence-corrected chi connectivity index (χ3v) is 5.12. The van der Waals surface area contributed by atoms with E-state index in [1.54, 1.807) is 7.11 Å². The lowest BCUT2D eigenvalue weighted by molar-refractivity contribution is 0.202. The molecule has 0 spiro atoms. The molecule has 1 heterocycles. The Morgan fingerprint density at radius 1 is 1.19 bits per heavy atom. The van der Waals surface area contributed by atoms with Crippen molar-refractivity contribution in [2.24, 2.45) is 5.92 Å². The van der Waals surface area contributed by atoms with Crippen LogP contribution in [-0.4, -0.2) is 32.3 Å². The number of hydrogen-bond acceptors (Lipinski definition) is 3. The molecule has 0 aromatic heterocycles. The van der Waals surface area contributed by atoms with Gasteiger partial charge in [0, 0.05) is 24.9 Å². The summed E-state index contributed by atoms with van der Waals surface area (Å²) in [7, 11) is 1.77. The van der Waals surface area contributed by atoms with E-state index in [1.165, 1.54) is 49.9 Å². The van der Waals surface area contributed by atoms with Gasteiger partial charge in [-0.1, -0.05) is 24.6 Å². The zero-order valence-corrected chi connectivity index (χ0v) is 13.1. The molecule has 2 N–H and O–H groups in total. The van der Waals surface area contributed by atoms with Crippen LogP contribution in [0.5, 0.6) is 0 Å². The zero-order valence-electron chi connectivity index (χ0n) is 13.1. The molecule has 3 nitrogen and oxygen atoms in total. The fourth-order valence-corrected chi connectivity index (χ4v) is 4.02. The summed E-state index contributed by atoms with van der Waals surface area (Å²) < 4.78 is 5.24. The van der Waals surface area contributed by atoms with Gasteiger partial charge in [0.15, 0.2) is 0 Å². The zero-order chi connectivity index (χ0) is 14.5. The van der Waals surface area contributed by atoms with Gasteiger partial charge >= 0.3 is 0 Å². The predicted octanol–water partition coefficient (Wildman–Crippen LogP) is 3.21. The molecule has 0 amide bonds. The molecular weight excluding hydrogens is 260 g/mol. The summed E-state index contributed by atoms with van der Waals surface area (Å²) in [5.41, 5.74) is 2.69. The van der Waals surface area contributed by atoms with Crippen molar-refractivity contribution in [2.75, 3.05) is 25.6 Å². The van der Waals surface area contributed by atoms with Gasteiger partial charge in [-0.2, -0.15) is 0 Å². The van der Waals surface area contributed by atoms with Crippen molar-refractivity contribution in [1.29, 1.82) is 0 Å². The highest BCUT2D eigenvalue weighted by Crippen LogP contribution is 2.34. The minimum absolute atomic E-state index is 0.629. The van der Waals surface area contributed by atoms with Gasteiger partial charge in [-0.3, -0.25) is 0 Å². The molecule has 21 heavy (non-hydrogen) atoms. The number of benzene rings is 1. The van der Waals surface area contributed by atoms with E-state index in [0.717, 1.165) is 25.0 Å². The first-order valence-corrected chi connectivity index (χ1v) is 8.45. The minimum atomic E-state index is 0.629. The number of ether oxygens (including phenoxy) is 1. The van der Waals surface area contributed by atoms with Crippen molar-refractivity contribution >= 4 is 5.69 Å². The van der Waals surface area contributed by atoms with Gasteiger partial charge in [-0.15, -0.1) is 0 Å². The molecule has 2 fully saturated rings. The Labute approximate surface area is 128 Å². The second-order valence-electron chi connectivity index (χ2n) is 6.45. The third kappa shape index (κ3) is 3.58. The van der Waals surface area contributed by atoms with E-state index in [4.69, 9.17) is 4.74 Å². The number of rotatable bonds is 6. The molecule has 0 bridgehead atoms. The molecule has 2 aliphatic rings. The van der Waals surface area contributed by atoms with Gasteiger partial charge in [0.25, 0.3) is 0 Å². The first-order chi connectivity index (χ1) is 10.4. The summed E-state index contributed by atoms with van der Waals surface area (Å²) in [6.07, 6.45) is 7.73. The Morgan fingerprint density at radius 2 is 2.10 bits per heavy atom. The van der Waals surface area contributed by atoms with E-state index < -0.39 is 0 Å². The molecule has 3 heteroatoms. The molecule has 1 saturated heterocycles. The quantitative estimate of drug-likeness (QED) is 0.843. The van der Waals surface area contributed by atoms with Gasteiger partial charge in [-0.25, -0.2) is 0 Å². The Balaban J connectivity index is 1.67. The van der Waals surface area contributed by atoms with Crippen LogP contribution in [0.3, 0.4) is 0 Å². The summed E-state index contributed by atoms with van der Waals surface area (Å²) in [6.45, 7) is 2.00. The van der Waals surface area contributed by atoms with Crippen molar-refractivity contribution in [3.8, 4) is 0 Å². The van der Waals surface area contributed by atoms with Crippen LogP contribution >= 0.6 is 0 Å². The first-order valence-electron chi connectivity index (χ1n) is 8.45. The van der Waals surface area contributed by atoms with Crippen LogP contribution < -0.4 is 10.6 Å². The second-order valence-corrected chi connectivity index (χ2v) is 6.45. The Kier molecular flexibility index (Phi) is 5.15. The lowest BCUT2D eigenvalue weighted by atomic mass is 9.92. The van der Waals surface area contributed by atoms with Crippen molar-refractivity contribution in [3.05, 3.63) is 29.8 Å². The first kappa shape index (κ1) is 14.9. The van der Waals surface area contributed by atoms with Crippen LogP contribution in [0.25, 0.3) is 0 Å². The fourth-order valence-electron chi connectivity index (χ4n) is 4.02. The third-order valence-electron chi connectivity index (χ3n) is 5.12. The fraction of sp³-hybridized carbons (Fsp3) is 0.667. The average Bonchev–Trinajstić information content (AvgIpc) is 3.17. The monoisotopic (exact) mass is 288 g/mol. The number of hydrogen-bond donors (Lipinski definition) is 2. The Hall–Kier alpha value is -1.06. The highest BCUT2D eigenvalue weighted by molar-refractivity contribution is 5.52. The van der Waals surface area contributed by atoms with E-state index >= 15 is 0 Å². The van der Waals surface area contributed by atoms with Gasteiger partial charge in [-0.05, 0) is 56.2 Å². The van der Waals surface area contributed by atoms with Crippen LogP contribution in [0.2, 0.25) is 0 Å². The predicted molar refractivity (Wildman–Crippen MR) is 87.8 cm³/mol. The van der Waals surface area contributed by atoms with Gasteiger partial charge in [0.2, 0.25) is 0 Å². The maximum atomic E-state index is 5.24. The van der Waals surface area contributed by atoms with E-state index in [-0.39, 0.29) is 0 Å². The molecule has 1 aliphatic heterocycles. The second kappa shape index (κ2) is 7.28. The lowest BCUT2D eigenvalue weighted by Gasteiger charge is -2.28. The number of para-hydroxylation sites is 1. The molecule has 1 aliphatic carbocycles. The summed E-state index contributed by atoms with van der Waals surface area (Å²) in [5.74, 6) is 0.794. The highest BCUT2D eigenvalue weighted by Gasteiger charge is 2.35. The maximum Gasteiger partial charge on any atom is 0.0503 e. The topological polar surface area (TPSA) is 33.3 Å². The molecule has 1 aromatic carbocycles. The van der Waals surface area contributed by atoms with Crippen LogP contribution in [0, 0.1) is 5.92 Å². The molecule has 0 radical (unpaired) electrons. The summed E-state index contributed by atoms with van der Waals surface area (Å²) >= 11 is 0. The largest absolute Gasteiger partial charge is 0.384 e. The molecule has 3 rings (SSSR count). The lowest BCUT2D eigenvalue weighted by Crippen LogP contribution is -2.38. The van der Waals surface area contributed by atoms with Gasteiger partial charge in [0.1, 0.15) is 0 Å². The smallest absolute Gasteiger partial charge is 0.0503 e. The SMILES string of the molecule is COCCc1ccccc1NC1CCCC1C1CCCN1. The summed E-state index contributed by atoms with van der Waals surface area (Å²) in [4.78, 5) is 0. The Morgan fingerprint density at radius 3 is 2.90 bits per heavy atom. The number of methoxy groups -OCH3 is 1. The molecule has 116 valence electrons. The molecular formula is C18H28N2O. The summed E-state index contributed by atoms with van der Waals surface area (Å²) in [6, 6.07) is 10.1. The van der Waals surface area contributed by atoms with Crippen LogP contribution in [-0.2, 0) is 11.2 Å². The van der Waals surface area contributed by atoms with Crippen molar-refractivity contribution in [1.82, 2.24) is 5.32 Å². The number of nitrogens with one attached hydrogen (secondary N) is 2. The number of anilines is 1. The van der Waals surface area contributed by atoms with E-state index in [0.29, 0.717) is 6.04 Å². The molecule has 3 unspecified atom stereocenters. The minimum Gasteiger partial charge on any atom is -0.384 e. The summed E-state index contributed by atoms with van der Waals surface area (Å²) in [5, 5.41) is 7.55. The Bertz CT molecular complexity index is 443. The average molecular weight is 288 g/mol. The normalized spacial score (nSPS) is 28.9. The van der Waals surface area contributed by atoms with Crippen LogP contribution in [0.15, 0.2) is 24.3 Å². The van der Waals surface area contributed by atoms with Gasteiger partial charge < -0.3 is 15.4 Å². The van der Waals surface area contributed by atoms with Crippen LogP contribution in [0.4, 0.5) is 5.69 Å². The molecule has 3 atom stereocenters. The van der Waals surface area contributed by atoms with E-state index in [1.807, 2.05) is 0 Å². The standard InChI is InChI=1S/C18H28N2O/c1-21-13-11-14-6-2-3-8-16(14)20-18-9-4-7-15(18)17-10-5-12-19-17/h2-3,6,8,15,17-20H,4-5,7,9-13H2,1H3. The molecule has 1 aromatic rings. The van der Waals surface area contributed by atoms with E-state index in [2.05, 4.69) is 34.9 Å². The van der Waals surface area contributed by atoms with Crippen molar-refractivity contribution < 1.29 is 4.74 Å². The van der Waals surface area contributed by atoms with Gasteiger partial charge in [0.05, 0.1) is 6.61 Å². The van der Waals surface area contributed by atoms with Crippen molar-refractivity contribution in [2.45, 2.75) is 50.6 Å².